The van der Waals surface area contributed by atoms with Gasteiger partial charge in [0.25, 0.3) is 0 Å². The lowest BCUT2D eigenvalue weighted by Gasteiger charge is -2.15. The molecule has 0 heterocycles. The molecule has 0 bridgehead atoms. The van der Waals surface area contributed by atoms with Crippen molar-refractivity contribution in [2.75, 3.05) is 13.2 Å². The van der Waals surface area contributed by atoms with E-state index in [1.54, 1.807) is 18.2 Å². The quantitative estimate of drug-likeness (QED) is 0.425. The van der Waals surface area contributed by atoms with Gasteiger partial charge in [-0.1, -0.05) is 11.2 Å². The van der Waals surface area contributed by atoms with Crippen LogP contribution in [0.4, 0.5) is 0 Å². The predicted molar refractivity (Wildman–Crippen MR) is 77.5 cm³/mol. The summed E-state index contributed by atoms with van der Waals surface area (Å²) in [6.07, 6.45) is 0.166. The van der Waals surface area contributed by atoms with Crippen molar-refractivity contribution in [3.05, 3.63) is 34.2 Å². The van der Waals surface area contributed by atoms with E-state index < -0.39 is 12.0 Å². The maximum Gasteiger partial charge on any atom is 0.303 e. The van der Waals surface area contributed by atoms with Gasteiger partial charge in [0.1, 0.15) is 0 Å². The molecule has 0 radical (unpaired) electrons. The van der Waals surface area contributed by atoms with Gasteiger partial charge in [-0.2, -0.15) is 0 Å². The lowest BCUT2D eigenvalue weighted by atomic mass is 10.0. The highest BCUT2D eigenvalue weighted by Gasteiger charge is 2.15. The summed E-state index contributed by atoms with van der Waals surface area (Å²) in [5.74, 6) is 0.246. The Hall–Kier alpha value is -2.40. The second-order valence-corrected chi connectivity index (χ2v) is 4.23. The van der Waals surface area contributed by atoms with E-state index in [1.165, 1.54) is 0 Å². The van der Waals surface area contributed by atoms with Crippen molar-refractivity contribution in [2.24, 2.45) is 5.11 Å². The largest absolute Gasteiger partial charge is 0.490 e. The van der Waals surface area contributed by atoms with Gasteiger partial charge in [0.2, 0.25) is 0 Å². The van der Waals surface area contributed by atoms with E-state index >= 15 is 0 Å². The van der Waals surface area contributed by atoms with E-state index in [0.29, 0.717) is 30.3 Å². The highest BCUT2D eigenvalue weighted by molar-refractivity contribution is 5.66. The normalized spacial score (nSPS) is 11.3. The number of azide groups is 1. The average molecular weight is 293 g/mol. The number of carbonyl (C=O) groups is 1. The SMILES string of the molecule is CCOc1ccc(C(CCC(=O)O)N=[N+]=[N-])cc1OCC. The molecule has 21 heavy (non-hydrogen) atoms. The Bertz CT molecular complexity index is 527. The van der Waals surface area contributed by atoms with Gasteiger partial charge in [0.15, 0.2) is 11.5 Å². The molecule has 1 aromatic rings. The Morgan fingerprint density at radius 3 is 2.57 bits per heavy atom. The van der Waals surface area contributed by atoms with Crippen LogP contribution in [0, 0.1) is 0 Å². The lowest BCUT2D eigenvalue weighted by Crippen LogP contribution is -2.03. The molecule has 0 spiro atoms. The summed E-state index contributed by atoms with van der Waals surface area (Å²) in [6, 6.07) is 4.69. The van der Waals surface area contributed by atoms with E-state index in [1.807, 2.05) is 13.8 Å². The third kappa shape index (κ3) is 5.24. The van der Waals surface area contributed by atoms with Gasteiger partial charge in [-0.05, 0) is 43.5 Å². The first kappa shape index (κ1) is 16.7. The van der Waals surface area contributed by atoms with E-state index in [0.717, 1.165) is 0 Å². The number of aliphatic carboxylic acids is 1. The van der Waals surface area contributed by atoms with Crippen LogP contribution >= 0.6 is 0 Å². The molecule has 1 N–H and O–H groups in total. The Morgan fingerprint density at radius 2 is 2.00 bits per heavy atom. The molecule has 7 nitrogen and oxygen atoms in total. The molecule has 0 saturated heterocycles. The molecule has 0 aliphatic heterocycles. The van der Waals surface area contributed by atoms with Gasteiger partial charge in [-0.25, -0.2) is 0 Å². The molecule has 0 saturated carbocycles. The molecule has 0 aliphatic carbocycles. The van der Waals surface area contributed by atoms with Crippen LogP contribution in [0.5, 0.6) is 11.5 Å². The Balaban J connectivity index is 3.04. The molecule has 0 amide bonds. The number of ether oxygens (including phenoxy) is 2. The van der Waals surface area contributed by atoms with Crippen LogP contribution in [-0.2, 0) is 4.79 Å². The number of benzene rings is 1. The molecule has 1 atom stereocenters. The van der Waals surface area contributed by atoms with Crippen LogP contribution in [0.2, 0.25) is 0 Å². The zero-order chi connectivity index (χ0) is 15.7. The van der Waals surface area contributed by atoms with Gasteiger partial charge in [0.05, 0.1) is 19.3 Å². The van der Waals surface area contributed by atoms with Crippen molar-refractivity contribution in [1.82, 2.24) is 0 Å². The summed E-state index contributed by atoms with van der Waals surface area (Å²) < 4.78 is 11.0. The van der Waals surface area contributed by atoms with Crippen LogP contribution in [0.25, 0.3) is 10.4 Å². The number of rotatable bonds is 9. The minimum atomic E-state index is -0.927. The van der Waals surface area contributed by atoms with Gasteiger partial charge in [-0.15, -0.1) is 0 Å². The summed E-state index contributed by atoms with van der Waals surface area (Å²) in [6.45, 7) is 4.72. The minimum Gasteiger partial charge on any atom is -0.490 e. The molecule has 0 aromatic heterocycles. The number of hydrogen-bond donors (Lipinski definition) is 1. The van der Waals surface area contributed by atoms with E-state index in [9.17, 15) is 4.79 Å². The van der Waals surface area contributed by atoms with E-state index in [2.05, 4.69) is 10.0 Å². The molecular weight excluding hydrogens is 274 g/mol. The maximum absolute atomic E-state index is 10.7. The average Bonchev–Trinajstić information content (AvgIpc) is 2.45. The molecule has 1 rings (SSSR count). The molecule has 0 fully saturated rings. The standard InChI is InChI=1S/C14H19N3O4/c1-3-20-12-7-5-10(9-13(12)21-4-2)11(16-17-15)6-8-14(18)19/h5,7,9,11H,3-4,6,8H2,1-2H3,(H,18,19). The predicted octanol–water partition coefficient (Wildman–Crippen LogP) is 3.70. The summed E-state index contributed by atoms with van der Waals surface area (Å²) in [5.41, 5.74) is 9.34. The van der Waals surface area contributed by atoms with Crippen molar-refractivity contribution in [3.8, 4) is 11.5 Å². The lowest BCUT2D eigenvalue weighted by molar-refractivity contribution is -0.137. The zero-order valence-electron chi connectivity index (χ0n) is 12.2. The molecular formula is C14H19N3O4. The van der Waals surface area contributed by atoms with Gasteiger partial charge in [-0.3, -0.25) is 4.79 Å². The van der Waals surface area contributed by atoms with Crippen molar-refractivity contribution < 1.29 is 19.4 Å². The molecule has 1 unspecified atom stereocenters. The van der Waals surface area contributed by atoms with Gasteiger partial charge in [0, 0.05) is 11.3 Å². The maximum atomic E-state index is 10.7. The minimum absolute atomic E-state index is 0.0686. The summed E-state index contributed by atoms with van der Waals surface area (Å²) in [5, 5.41) is 12.4. The number of nitrogens with zero attached hydrogens (tertiary/aromatic N) is 3. The second kappa shape index (κ2) is 8.71. The smallest absolute Gasteiger partial charge is 0.303 e. The third-order valence-corrected chi connectivity index (χ3v) is 2.77. The van der Waals surface area contributed by atoms with E-state index in [-0.39, 0.29) is 12.8 Å². The number of carboxylic acid groups (broad SMARTS) is 1. The number of hydrogen-bond acceptors (Lipinski definition) is 4. The summed E-state index contributed by atoms with van der Waals surface area (Å²) >= 11 is 0. The van der Waals surface area contributed by atoms with Crippen LogP contribution in [0.15, 0.2) is 23.3 Å². The monoisotopic (exact) mass is 293 g/mol. The number of carboxylic acids is 1. The fourth-order valence-corrected chi connectivity index (χ4v) is 1.89. The summed E-state index contributed by atoms with van der Waals surface area (Å²) in [4.78, 5) is 13.5. The van der Waals surface area contributed by atoms with Crippen molar-refractivity contribution in [2.45, 2.75) is 32.7 Å². The Labute approximate surface area is 123 Å². The second-order valence-electron chi connectivity index (χ2n) is 4.23. The first-order valence-electron chi connectivity index (χ1n) is 6.77. The highest BCUT2D eigenvalue weighted by atomic mass is 16.5. The van der Waals surface area contributed by atoms with Crippen LogP contribution in [0.1, 0.15) is 38.3 Å². The van der Waals surface area contributed by atoms with Crippen LogP contribution in [0.3, 0.4) is 0 Å². The first-order chi connectivity index (χ1) is 10.1. The Morgan fingerprint density at radius 1 is 1.33 bits per heavy atom. The highest BCUT2D eigenvalue weighted by Crippen LogP contribution is 2.33. The molecule has 0 aliphatic rings. The molecule has 1 aromatic carbocycles. The summed E-state index contributed by atoms with van der Waals surface area (Å²) in [7, 11) is 0. The fourth-order valence-electron chi connectivity index (χ4n) is 1.89. The van der Waals surface area contributed by atoms with E-state index in [4.69, 9.17) is 20.1 Å². The molecule has 114 valence electrons. The van der Waals surface area contributed by atoms with Crippen molar-refractivity contribution in [1.29, 1.82) is 0 Å². The van der Waals surface area contributed by atoms with Crippen LogP contribution < -0.4 is 9.47 Å². The Kier molecular flexibility index (Phi) is 6.91. The van der Waals surface area contributed by atoms with Gasteiger partial charge >= 0.3 is 5.97 Å². The first-order valence-corrected chi connectivity index (χ1v) is 6.77. The molecule has 7 heteroatoms. The topological polar surface area (TPSA) is 105 Å². The third-order valence-electron chi connectivity index (χ3n) is 2.77. The fraction of sp³-hybridized carbons (Fsp3) is 0.500. The van der Waals surface area contributed by atoms with Crippen LogP contribution in [-0.4, -0.2) is 24.3 Å². The van der Waals surface area contributed by atoms with Crippen molar-refractivity contribution >= 4 is 5.97 Å². The van der Waals surface area contributed by atoms with Crippen molar-refractivity contribution in [3.63, 3.8) is 0 Å². The zero-order valence-corrected chi connectivity index (χ0v) is 12.2. The van der Waals surface area contributed by atoms with Gasteiger partial charge < -0.3 is 14.6 Å².